The molecule has 0 saturated heterocycles. The van der Waals surface area contributed by atoms with E-state index in [2.05, 4.69) is 31.7 Å². The van der Waals surface area contributed by atoms with Crippen LogP contribution < -0.4 is 4.72 Å². The van der Waals surface area contributed by atoms with E-state index >= 15 is 0 Å². The summed E-state index contributed by atoms with van der Waals surface area (Å²) in [7, 11) is 0. The number of pyridine rings is 1. The Kier molecular flexibility index (Phi) is 4.62. The molecule has 1 aromatic heterocycles. The molecule has 2 rings (SSSR count). The average molecular weight is 388 g/mol. The molecule has 0 radical (unpaired) electrons. The van der Waals surface area contributed by atoms with Crippen molar-refractivity contribution in [1.29, 1.82) is 5.26 Å². The van der Waals surface area contributed by atoms with Gasteiger partial charge >= 0.3 is 0 Å². The van der Waals surface area contributed by atoms with Gasteiger partial charge in [-0.15, -0.1) is 4.72 Å². The van der Waals surface area contributed by atoms with Gasteiger partial charge in [-0.1, -0.05) is 0 Å². The maximum Gasteiger partial charge on any atom is 0.147 e. The van der Waals surface area contributed by atoms with Crippen LogP contribution >= 0.6 is 15.9 Å². The summed E-state index contributed by atoms with van der Waals surface area (Å²) in [5, 5.41) is 9.26. The zero-order valence-corrected chi connectivity index (χ0v) is 15.4. The molecule has 0 aliphatic heterocycles. The van der Waals surface area contributed by atoms with Crippen molar-refractivity contribution < 1.29 is 8.94 Å². The summed E-state index contributed by atoms with van der Waals surface area (Å²) in [5.41, 5.74) is -1.20. The molecule has 0 spiro atoms. The Morgan fingerprint density at radius 3 is 2.55 bits per heavy atom. The molecular formula is C15H19BrFN3OS. The van der Waals surface area contributed by atoms with Gasteiger partial charge in [-0.05, 0) is 62.5 Å². The van der Waals surface area contributed by atoms with Gasteiger partial charge in [-0.2, -0.15) is 5.26 Å². The van der Waals surface area contributed by atoms with Crippen LogP contribution in [0.15, 0.2) is 16.7 Å². The SMILES string of the molecule is CC(C)(C)[S@@+]([O-])N[C@]1(c2ncc(Br)cc2F)C[C@@](C)(C#N)C1. The summed E-state index contributed by atoms with van der Waals surface area (Å²) in [6.07, 6.45) is 2.28. The minimum absolute atomic E-state index is 0.223. The molecule has 0 amide bonds. The van der Waals surface area contributed by atoms with Crippen molar-refractivity contribution >= 4 is 27.3 Å². The van der Waals surface area contributed by atoms with Gasteiger partial charge in [0.15, 0.2) is 0 Å². The highest BCUT2D eigenvalue weighted by atomic mass is 79.9. The summed E-state index contributed by atoms with van der Waals surface area (Å²) >= 11 is 1.80. The first kappa shape index (κ1) is 17.7. The van der Waals surface area contributed by atoms with E-state index < -0.39 is 32.9 Å². The summed E-state index contributed by atoms with van der Waals surface area (Å²) in [4.78, 5) is 4.18. The maximum absolute atomic E-state index is 14.4. The number of nitriles is 1. The van der Waals surface area contributed by atoms with Crippen molar-refractivity contribution in [1.82, 2.24) is 9.71 Å². The van der Waals surface area contributed by atoms with E-state index in [0.717, 1.165) is 0 Å². The molecule has 1 N–H and O–H groups in total. The molecule has 0 unspecified atom stereocenters. The summed E-state index contributed by atoms with van der Waals surface area (Å²) in [6.45, 7) is 7.36. The van der Waals surface area contributed by atoms with Gasteiger partial charge in [0.1, 0.15) is 21.8 Å². The second-order valence-corrected chi connectivity index (χ2v) is 9.96. The van der Waals surface area contributed by atoms with E-state index in [4.69, 9.17) is 0 Å². The van der Waals surface area contributed by atoms with Gasteiger partial charge in [0.25, 0.3) is 0 Å². The minimum Gasteiger partial charge on any atom is -0.598 e. The molecule has 1 aromatic rings. The molecule has 7 heteroatoms. The van der Waals surface area contributed by atoms with Gasteiger partial charge in [-0.3, -0.25) is 4.98 Å². The van der Waals surface area contributed by atoms with E-state index in [0.29, 0.717) is 17.3 Å². The lowest BCUT2D eigenvalue weighted by Crippen LogP contribution is -2.61. The van der Waals surface area contributed by atoms with Gasteiger partial charge in [0, 0.05) is 22.0 Å². The van der Waals surface area contributed by atoms with Gasteiger partial charge < -0.3 is 4.55 Å². The largest absolute Gasteiger partial charge is 0.598 e. The first-order chi connectivity index (χ1) is 10.0. The minimum atomic E-state index is -1.38. The lowest BCUT2D eigenvalue weighted by Gasteiger charge is -2.50. The molecule has 0 bridgehead atoms. The maximum atomic E-state index is 14.4. The normalized spacial score (nSPS) is 29.5. The molecule has 22 heavy (non-hydrogen) atoms. The van der Waals surface area contributed by atoms with Crippen LogP contribution in [0, 0.1) is 22.6 Å². The van der Waals surface area contributed by atoms with Crippen molar-refractivity contribution in [3.8, 4) is 6.07 Å². The van der Waals surface area contributed by atoms with Crippen molar-refractivity contribution in [2.75, 3.05) is 0 Å². The predicted octanol–water partition coefficient (Wildman–Crippen LogP) is 3.55. The lowest BCUT2D eigenvalue weighted by molar-refractivity contribution is 0.0731. The average Bonchev–Trinajstić information content (AvgIpc) is 2.35. The van der Waals surface area contributed by atoms with Gasteiger partial charge in [0.05, 0.1) is 11.5 Å². The summed E-state index contributed by atoms with van der Waals surface area (Å²) < 4.78 is 29.9. The van der Waals surface area contributed by atoms with E-state index in [1.807, 2.05) is 27.7 Å². The van der Waals surface area contributed by atoms with Crippen molar-refractivity contribution in [2.45, 2.75) is 50.8 Å². The Labute approximate surface area is 141 Å². The molecule has 1 aliphatic rings. The Bertz CT molecular complexity index is 620. The second-order valence-electron chi connectivity index (χ2n) is 7.08. The number of aromatic nitrogens is 1. The molecule has 1 heterocycles. The van der Waals surface area contributed by atoms with Crippen molar-refractivity contribution in [2.24, 2.45) is 5.41 Å². The highest BCUT2D eigenvalue weighted by molar-refractivity contribution is 9.10. The van der Waals surface area contributed by atoms with Crippen molar-refractivity contribution in [3.05, 3.63) is 28.2 Å². The fourth-order valence-electron chi connectivity index (χ4n) is 2.74. The Morgan fingerprint density at radius 1 is 1.50 bits per heavy atom. The molecule has 4 nitrogen and oxygen atoms in total. The highest BCUT2D eigenvalue weighted by Gasteiger charge is 2.58. The monoisotopic (exact) mass is 387 g/mol. The second kappa shape index (κ2) is 5.75. The third kappa shape index (κ3) is 3.30. The molecule has 1 saturated carbocycles. The topological polar surface area (TPSA) is 71.8 Å². The van der Waals surface area contributed by atoms with Gasteiger partial charge in [0.2, 0.25) is 0 Å². The number of rotatable bonds is 3. The first-order valence-electron chi connectivity index (χ1n) is 6.94. The highest BCUT2D eigenvalue weighted by Crippen LogP contribution is 2.54. The molecule has 1 aliphatic carbocycles. The first-order valence-corrected chi connectivity index (χ1v) is 8.88. The van der Waals surface area contributed by atoms with E-state index in [1.165, 1.54) is 12.3 Å². The predicted molar refractivity (Wildman–Crippen MR) is 87.6 cm³/mol. The summed E-state index contributed by atoms with van der Waals surface area (Å²) in [5.74, 6) is -0.465. The molecule has 0 aromatic carbocycles. The number of hydrogen-bond acceptors (Lipinski definition) is 4. The number of hydrogen-bond donors (Lipinski definition) is 1. The quantitative estimate of drug-likeness (QED) is 0.804. The zero-order chi connectivity index (χ0) is 16.8. The molecule has 1 atom stereocenters. The molecular weight excluding hydrogens is 369 g/mol. The Balaban J connectivity index is 2.39. The molecule has 1 fully saturated rings. The number of nitrogens with zero attached hydrogens (tertiary/aromatic N) is 2. The zero-order valence-electron chi connectivity index (χ0n) is 13.0. The van der Waals surface area contributed by atoms with Gasteiger partial charge in [-0.25, -0.2) is 4.39 Å². The standard InChI is InChI=1S/C15H19BrFN3OS/c1-13(2,3)22(21)20-15(7-14(4,8-15)9-18)12-11(17)5-10(16)6-19-12/h5-6,20H,7-8H2,1-4H3/t14-,15-,22-/m1/s1. The fourth-order valence-corrected chi connectivity index (χ4v) is 3.95. The van der Waals surface area contributed by atoms with Crippen LogP contribution in [0.4, 0.5) is 4.39 Å². The summed E-state index contributed by atoms with van der Waals surface area (Å²) in [6, 6.07) is 3.59. The van der Waals surface area contributed by atoms with Crippen LogP contribution in [0.25, 0.3) is 0 Å². The Hall–Kier alpha value is -0.680. The lowest BCUT2D eigenvalue weighted by atomic mass is 9.58. The smallest absolute Gasteiger partial charge is 0.147 e. The molecule has 120 valence electrons. The van der Waals surface area contributed by atoms with E-state index in [9.17, 15) is 14.2 Å². The Morgan fingerprint density at radius 2 is 2.09 bits per heavy atom. The van der Waals surface area contributed by atoms with E-state index in [1.54, 1.807) is 0 Å². The van der Waals surface area contributed by atoms with Crippen LogP contribution in [-0.4, -0.2) is 14.3 Å². The van der Waals surface area contributed by atoms with Crippen LogP contribution in [0.3, 0.4) is 0 Å². The van der Waals surface area contributed by atoms with Crippen LogP contribution in [0.5, 0.6) is 0 Å². The fraction of sp³-hybridized carbons (Fsp3) is 0.600. The third-order valence-corrected chi connectivity index (χ3v) is 5.88. The van der Waals surface area contributed by atoms with Crippen LogP contribution in [0.1, 0.15) is 46.2 Å². The van der Waals surface area contributed by atoms with Crippen LogP contribution in [0.2, 0.25) is 0 Å². The van der Waals surface area contributed by atoms with E-state index in [-0.39, 0.29) is 5.69 Å². The van der Waals surface area contributed by atoms with Crippen molar-refractivity contribution in [3.63, 3.8) is 0 Å². The third-order valence-electron chi connectivity index (χ3n) is 3.76. The van der Waals surface area contributed by atoms with Crippen LogP contribution in [-0.2, 0) is 16.9 Å². The number of nitrogens with one attached hydrogen (secondary N) is 1. The number of halogens is 2.